The molecule has 0 aliphatic carbocycles. The van der Waals surface area contributed by atoms with Crippen molar-refractivity contribution in [2.75, 3.05) is 0 Å². The van der Waals surface area contributed by atoms with Gasteiger partial charge in [-0.2, -0.15) is 0 Å². The van der Waals surface area contributed by atoms with E-state index in [1.807, 2.05) is 0 Å². The number of rotatable bonds is 3. The number of carbonyl (C=O) groups excluding carboxylic acids is 2. The minimum atomic E-state index is -0.545. The van der Waals surface area contributed by atoms with Crippen LogP contribution in [0, 0.1) is 0 Å². The Morgan fingerprint density at radius 1 is 1.15 bits per heavy atom. The van der Waals surface area contributed by atoms with E-state index in [2.05, 4.69) is 0 Å². The van der Waals surface area contributed by atoms with Gasteiger partial charge in [0.15, 0.2) is 0 Å². The molecular formula is C9H10N2O2. The highest BCUT2D eigenvalue weighted by molar-refractivity contribution is 5.95. The zero-order valence-corrected chi connectivity index (χ0v) is 6.99. The third kappa shape index (κ3) is 2.30. The molecule has 13 heavy (non-hydrogen) atoms. The van der Waals surface area contributed by atoms with Crippen molar-refractivity contribution in [2.24, 2.45) is 11.5 Å². The number of amides is 2. The minimum absolute atomic E-state index is 0.0408. The second-order valence-electron chi connectivity index (χ2n) is 2.66. The van der Waals surface area contributed by atoms with Crippen molar-refractivity contribution >= 4 is 11.8 Å². The molecule has 1 aromatic carbocycles. The number of carbonyl (C=O) groups is 2. The van der Waals surface area contributed by atoms with Gasteiger partial charge in [-0.3, -0.25) is 9.59 Å². The van der Waals surface area contributed by atoms with Crippen LogP contribution in [0.3, 0.4) is 0 Å². The van der Waals surface area contributed by atoms with Crippen molar-refractivity contribution in [3.8, 4) is 0 Å². The van der Waals surface area contributed by atoms with Gasteiger partial charge in [0, 0.05) is 5.56 Å². The molecule has 0 bridgehead atoms. The number of benzene rings is 1. The van der Waals surface area contributed by atoms with Crippen LogP contribution >= 0.6 is 0 Å². The van der Waals surface area contributed by atoms with Gasteiger partial charge in [0.2, 0.25) is 11.8 Å². The Hall–Kier alpha value is -1.84. The summed E-state index contributed by atoms with van der Waals surface area (Å²) in [6.07, 6.45) is 0.0408. The maximum absolute atomic E-state index is 10.9. The summed E-state index contributed by atoms with van der Waals surface area (Å²) in [7, 11) is 0. The molecular weight excluding hydrogens is 168 g/mol. The molecule has 0 unspecified atom stereocenters. The van der Waals surface area contributed by atoms with E-state index in [1.165, 1.54) is 0 Å². The Bertz CT molecular complexity index is 347. The first-order valence-electron chi connectivity index (χ1n) is 3.77. The molecule has 4 nitrogen and oxygen atoms in total. The monoisotopic (exact) mass is 178 g/mol. The summed E-state index contributed by atoms with van der Waals surface area (Å²) in [6.45, 7) is 0. The Morgan fingerprint density at radius 3 is 2.31 bits per heavy atom. The third-order valence-electron chi connectivity index (χ3n) is 1.65. The van der Waals surface area contributed by atoms with Crippen molar-refractivity contribution in [1.82, 2.24) is 0 Å². The van der Waals surface area contributed by atoms with E-state index >= 15 is 0 Å². The van der Waals surface area contributed by atoms with Crippen LogP contribution in [0.4, 0.5) is 0 Å². The van der Waals surface area contributed by atoms with Crippen molar-refractivity contribution in [3.05, 3.63) is 35.4 Å². The first-order chi connectivity index (χ1) is 6.11. The van der Waals surface area contributed by atoms with Crippen molar-refractivity contribution in [2.45, 2.75) is 6.42 Å². The zero-order valence-electron chi connectivity index (χ0n) is 6.99. The summed E-state index contributed by atoms with van der Waals surface area (Å²) in [5, 5.41) is 0. The highest BCUT2D eigenvalue weighted by Gasteiger charge is 2.08. The summed E-state index contributed by atoms with van der Waals surface area (Å²) in [5.41, 5.74) is 11.0. The molecule has 0 fully saturated rings. The van der Waals surface area contributed by atoms with Crippen LogP contribution in [-0.2, 0) is 11.2 Å². The molecule has 0 radical (unpaired) electrons. The van der Waals surface area contributed by atoms with Crippen LogP contribution in [0.25, 0.3) is 0 Å². The van der Waals surface area contributed by atoms with Crippen LogP contribution in [0.2, 0.25) is 0 Å². The quantitative estimate of drug-likeness (QED) is 0.672. The van der Waals surface area contributed by atoms with Crippen LogP contribution in [-0.4, -0.2) is 11.8 Å². The standard InChI is InChI=1S/C9H10N2O2/c10-8(12)5-6-3-1-2-4-7(6)9(11)13/h1-4H,5H2,(H2,10,12)(H2,11,13). The molecule has 4 heteroatoms. The lowest BCUT2D eigenvalue weighted by Crippen LogP contribution is -2.19. The first kappa shape index (κ1) is 9.25. The zero-order chi connectivity index (χ0) is 9.84. The fraction of sp³-hybridized carbons (Fsp3) is 0.111. The fourth-order valence-corrected chi connectivity index (χ4v) is 1.10. The van der Waals surface area contributed by atoms with Crippen molar-refractivity contribution in [1.29, 1.82) is 0 Å². The Morgan fingerprint density at radius 2 is 1.77 bits per heavy atom. The first-order valence-corrected chi connectivity index (χ1v) is 3.77. The molecule has 1 aromatic rings. The van der Waals surface area contributed by atoms with Crippen molar-refractivity contribution < 1.29 is 9.59 Å². The van der Waals surface area contributed by atoms with Gasteiger partial charge in [-0.1, -0.05) is 18.2 Å². The van der Waals surface area contributed by atoms with Crippen LogP contribution in [0.5, 0.6) is 0 Å². The molecule has 0 saturated heterocycles. The highest BCUT2D eigenvalue weighted by Crippen LogP contribution is 2.07. The van der Waals surface area contributed by atoms with E-state index < -0.39 is 11.8 Å². The van der Waals surface area contributed by atoms with Gasteiger partial charge in [-0.15, -0.1) is 0 Å². The Balaban J connectivity index is 3.04. The maximum atomic E-state index is 10.9. The topological polar surface area (TPSA) is 86.2 Å². The molecule has 0 spiro atoms. The number of nitrogens with two attached hydrogens (primary N) is 2. The van der Waals surface area contributed by atoms with Crippen LogP contribution in [0.1, 0.15) is 15.9 Å². The van der Waals surface area contributed by atoms with E-state index in [1.54, 1.807) is 24.3 Å². The van der Waals surface area contributed by atoms with Gasteiger partial charge in [-0.05, 0) is 11.6 Å². The predicted molar refractivity (Wildman–Crippen MR) is 47.9 cm³/mol. The molecule has 0 heterocycles. The lowest BCUT2D eigenvalue weighted by Gasteiger charge is -2.02. The SMILES string of the molecule is NC(=O)Cc1ccccc1C(N)=O. The molecule has 0 aliphatic rings. The Labute approximate surface area is 75.5 Å². The highest BCUT2D eigenvalue weighted by atomic mass is 16.1. The second-order valence-corrected chi connectivity index (χ2v) is 2.66. The summed E-state index contributed by atoms with van der Waals surface area (Å²) in [6, 6.07) is 6.64. The molecule has 0 atom stereocenters. The average Bonchev–Trinajstić information content (AvgIpc) is 2.03. The molecule has 4 N–H and O–H groups in total. The summed E-state index contributed by atoms with van der Waals surface area (Å²) >= 11 is 0. The van der Waals surface area contributed by atoms with E-state index in [0.29, 0.717) is 11.1 Å². The second kappa shape index (κ2) is 3.71. The molecule has 68 valence electrons. The van der Waals surface area contributed by atoms with E-state index in [9.17, 15) is 9.59 Å². The van der Waals surface area contributed by atoms with Gasteiger partial charge in [-0.25, -0.2) is 0 Å². The van der Waals surface area contributed by atoms with Crippen molar-refractivity contribution in [3.63, 3.8) is 0 Å². The van der Waals surface area contributed by atoms with E-state index in [4.69, 9.17) is 11.5 Å². The molecule has 0 aliphatic heterocycles. The maximum Gasteiger partial charge on any atom is 0.248 e. The van der Waals surface area contributed by atoms with Crippen LogP contribution < -0.4 is 11.5 Å². The van der Waals surface area contributed by atoms with Crippen LogP contribution in [0.15, 0.2) is 24.3 Å². The molecule has 1 rings (SSSR count). The molecule has 2 amide bonds. The lowest BCUT2D eigenvalue weighted by atomic mass is 10.0. The number of primary amides is 2. The fourth-order valence-electron chi connectivity index (χ4n) is 1.10. The van der Waals surface area contributed by atoms with Gasteiger partial charge in [0.1, 0.15) is 0 Å². The average molecular weight is 178 g/mol. The largest absolute Gasteiger partial charge is 0.369 e. The van der Waals surface area contributed by atoms with E-state index in [0.717, 1.165) is 0 Å². The smallest absolute Gasteiger partial charge is 0.248 e. The molecule has 0 aromatic heterocycles. The summed E-state index contributed by atoms with van der Waals surface area (Å²) in [5.74, 6) is -1.02. The number of hydrogen-bond acceptors (Lipinski definition) is 2. The van der Waals surface area contributed by atoms with Gasteiger partial charge < -0.3 is 11.5 Å². The number of hydrogen-bond donors (Lipinski definition) is 2. The molecule has 0 saturated carbocycles. The van der Waals surface area contributed by atoms with E-state index in [-0.39, 0.29) is 6.42 Å². The summed E-state index contributed by atoms with van der Waals surface area (Å²) < 4.78 is 0. The van der Waals surface area contributed by atoms with Gasteiger partial charge in [0.05, 0.1) is 6.42 Å². The van der Waals surface area contributed by atoms with Gasteiger partial charge in [0.25, 0.3) is 0 Å². The lowest BCUT2D eigenvalue weighted by molar-refractivity contribution is -0.117. The minimum Gasteiger partial charge on any atom is -0.369 e. The summed E-state index contributed by atoms with van der Waals surface area (Å²) in [4.78, 5) is 21.5. The normalized spacial score (nSPS) is 9.54. The third-order valence-corrected chi connectivity index (χ3v) is 1.65. The Kier molecular flexibility index (Phi) is 2.64. The van der Waals surface area contributed by atoms with Gasteiger partial charge >= 0.3 is 0 Å². The predicted octanol–water partition coefficient (Wildman–Crippen LogP) is -0.187.